The second-order valence-electron chi connectivity index (χ2n) is 6.56. The molecule has 1 aromatic carbocycles. The van der Waals surface area contributed by atoms with Gasteiger partial charge in [-0.15, -0.1) is 0 Å². The molecule has 6 heteroatoms. The predicted octanol–water partition coefficient (Wildman–Crippen LogP) is 2.10. The van der Waals surface area contributed by atoms with Gasteiger partial charge in [-0.2, -0.15) is 5.10 Å². The lowest BCUT2D eigenvalue weighted by atomic mass is 10.1. The molecule has 0 radical (unpaired) electrons. The molecule has 126 valence electrons. The van der Waals surface area contributed by atoms with Crippen molar-refractivity contribution in [3.8, 4) is 5.69 Å². The Kier molecular flexibility index (Phi) is 3.84. The Morgan fingerprint density at radius 3 is 2.75 bits per heavy atom. The van der Waals surface area contributed by atoms with E-state index in [2.05, 4.69) is 5.10 Å². The largest absolute Gasteiger partial charge is 0.391 e. The van der Waals surface area contributed by atoms with Gasteiger partial charge in [-0.3, -0.25) is 4.79 Å². The van der Waals surface area contributed by atoms with Gasteiger partial charge in [-0.1, -0.05) is 0 Å². The molecule has 1 amide bonds. The van der Waals surface area contributed by atoms with Gasteiger partial charge >= 0.3 is 0 Å². The zero-order valence-corrected chi connectivity index (χ0v) is 13.4. The van der Waals surface area contributed by atoms with Crippen LogP contribution in [-0.4, -0.2) is 44.9 Å². The monoisotopic (exact) mass is 329 g/mol. The van der Waals surface area contributed by atoms with E-state index in [1.165, 1.54) is 12.1 Å². The molecule has 5 nitrogen and oxygen atoms in total. The SMILES string of the molecule is O=C(c1nn(-c2ccc(F)cc2)c2c1CCC2)N1CCC[C@@H](O)C1. The molecule has 24 heavy (non-hydrogen) atoms. The number of aromatic nitrogens is 2. The molecule has 0 saturated carbocycles. The highest BCUT2D eigenvalue weighted by Crippen LogP contribution is 2.29. The summed E-state index contributed by atoms with van der Waals surface area (Å²) >= 11 is 0. The highest BCUT2D eigenvalue weighted by molar-refractivity contribution is 5.94. The number of likely N-dealkylation sites (tertiary alicyclic amines) is 1. The molecule has 0 unspecified atom stereocenters. The Labute approximate surface area is 139 Å². The number of aliphatic hydroxyl groups is 1. The number of amides is 1. The van der Waals surface area contributed by atoms with E-state index in [1.807, 2.05) is 0 Å². The molecule has 1 N–H and O–H groups in total. The zero-order valence-electron chi connectivity index (χ0n) is 13.4. The first-order valence-corrected chi connectivity index (χ1v) is 8.47. The molecule has 2 heterocycles. The van der Waals surface area contributed by atoms with Crippen LogP contribution in [0.5, 0.6) is 0 Å². The number of carbonyl (C=O) groups excluding carboxylic acids is 1. The van der Waals surface area contributed by atoms with Crippen LogP contribution in [0, 0.1) is 5.82 Å². The third-order valence-electron chi connectivity index (χ3n) is 4.89. The molecule has 2 aliphatic rings. The lowest BCUT2D eigenvalue weighted by Gasteiger charge is -2.29. The van der Waals surface area contributed by atoms with Gasteiger partial charge in [0.25, 0.3) is 5.91 Å². The number of β-amino-alcohol motifs (C(OH)–C–C–N with tert-alkyl or cyclic N) is 1. The molecule has 2 aromatic rings. The van der Waals surface area contributed by atoms with Crippen LogP contribution >= 0.6 is 0 Å². The lowest BCUT2D eigenvalue weighted by Crippen LogP contribution is -2.42. The number of fused-ring (bicyclic) bond motifs is 1. The summed E-state index contributed by atoms with van der Waals surface area (Å²) in [6.07, 6.45) is 3.82. The Morgan fingerprint density at radius 1 is 1.21 bits per heavy atom. The summed E-state index contributed by atoms with van der Waals surface area (Å²) in [5.74, 6) is -0.395. The summed E-state index contributed by atoms with van der Waals surface area (Å²) in [5.41, 5.74) is 3.31. The predicted molar refractivity (Wildman–Crippen MR) is 86.7 cm³/mol. The molecular formula is C18H20FN3O2. The topological polar surface area (TPSA) is 58.4 Å². The third kappa shape index (κ3) is 2.60. The quantitative estimate of drug-likeness (QED) is 0.918. The molecule has 0 spiro atoms. The highest BCUT2D eigenvalue weighted by atomic mass is 19.1. The van der Waals surface area contributed by atoms with Crippen LogP contribution in [0.15, 0.2) is 24.3 Å². The van der Waals surface area contributed by atoms with Gasteiger partial charge in [-0.25, -0.2) is 9.07 Å². The minimum Gasteiger partial charge on any atom is -0.391 e. The lowest BCUT2D eigenvalue weighted by molar-refractivity contribution is 0.0467. The second-order valence-corrected chi connectivity index (χ2v) is 6.56. The molecule has 1 saturated heterocycles. The Bertz CT molecular complexity index is 769. The van der Waals surface area contributed by atoms with Crippen molar-refractivity contribution in [3.05, 3.63) is 47.0 Å². The summed E-state index contributed by atoms with van der Waals surface area (Å²) in [6, 6.07) is 6.17. The number of piperidine rings is 1. The third-order valence-corrected chi connectivity index (χ3v) is 4.89. The van der Waals surface area contributed by atoms with E-state index in [0.717, 1.165) is 49.0 Å². The molecular weight excluding hydrogens is 309 g/mol. The highest BCUT2D eigenvalue weighted by Gasteiger charge is 2.31. The van der Waals surface area contributed by atoms with Gasteiger partial charge in [0.2, 0.25) is 0 Å². The van der Waals surface area contributed by atoms with Crippen molar-refractivity contribution in [2.24, 2.45) is 0 Å². The van der Waals surface area contributed by atoms with Crippen molar-refractivity contribution < 1.29 is 14.3 Å². The summed E-state index contributed by atoms with van der Waals surface area (Å²) in [4.78, 5) is 14.6. The van der Waals surface area contributed by atoms with E-state index in [9.17, 15) is 14.3 Å². The number of hydrogen-bond donors (Lipinski definition) is 1. The molecule has 1 aliphatic carbocycles. The number of benzene rings is 1. The Balaban J connectivity index is 1.70. The molecule has 0 bridgehead atoms. The normalized spacial score (nSPS) is 20.2. The van der Waals surface area contributed by atoms with Gasteiger partial charge < -0.3 is 10.0 Å². The fourth-order valence-electron chi connectivity index (χ4n) is 3.69. The number of rotatable bonds is 2. The fourth-order valence-corrected chi connectivity index (χ4v) is 3.69. The molecule has 1 fully saturated rings. The standard InChI is InChI=1S/C18H20FN3O2/c19-12-6-8-13(9-7-12)22-16-5-1-4-15(16)17(20-22)18(24)21-10-2-3-14(23)11-21/h6-9,14,23H,1-5,10-11H2/t14-/m1/s1. The van der Waals surface area contributed by atoms with Gasteiger partial charge in [0.05, 0.1) is 11.8 Å². The molecule has 1 aromatic heterocycles. The maximum absolute atomic E-state index is 13.2. The van der Waals surface area contributed by atoms with Crippen LogP contribution in [0.25, 0.3) is 5.69 Å². The van der Waals surface area contributed by atoms with Gasteiger partial charge in [0.1, 0.15) is 5.82 Å². The van der Waals surface area contributed by atoms with Gasteiger partial charge in [0.15, 0.2) is 5.69 Å². The van der Waals surface area contributed by atoms with Crippen LogP contribution in [-0.2, 0) is 12.8 Å². The number of aliphatic hydroxyl groups excluding tert-OH is 1. The van der Waals surface area contributed by atoms with Crippen LogP contribution < -0.4 is 0 Å². The van der Waals surface area contributed by atoms with Crippen molar-refractivity contribution in [2.45, 2.75) is 38.2 Å². The Hall–Kier alpha value is -2.21. The van der Waals surface area contributed by atoms with Crippen molar-refractivity contribution in [1.82, 2.24) is 14.7 Å². The molecule has 1 atom stereocenters. The van der Waals surface area contributed by atoms with E-state index in [-0.39, 0.29) is 11.7 Å². The van der Waals surface area contributed by atoms with Gasteiger partial charge in [0, 0.05) is 24.3 Å². The summed E-state index contributed by atoms with van der Waals surface area (Å²) in [6.45, 7) is 1.03. The fraction of sp³-hybridized carbons (Fsp3) is 0.444. The smallest absolute Gasteiger partial charge is 0.274 e. The van der Waals surface area contributed by atoms with Crippen molar-refractivity contribution in [1.29, 1.82) is 0 Å². The average Bonchev–Trinajstić information content (AvgIpc) is 3.17. The zero-order chi connectivity index (χ0) is 16.7. The molecule has 4 rings (SSSR count). The second kappa shape index (κ2) is 6.02. The maximum atomic E-state index is 13.2. The van der Waals surface area contributed by atoms with E-state index < -0.39 is 6.10 Å². The molecule has 1 aliphatic heterocycles. The minimum atomic E-state index is -0.449. The first-order chi connectivity index (χ1) is 11.6. The number of halogens is 1. The van der Waals surface area contributed by atoms with E-state index >= 15 is 0 Å². The first-order valence-electron chi connectivity index (χ1n) is 8.47. The average molecular weight is 329 g/mol. The number of carbonyl (C=O) groups is 1. The minimum absolute atomic E-state index is 0.104. The van der Waals surface area contributed by atoms with E-state index in [1.54, 1.807) is 21.7 Å². The van der Waals surface area contributed by atoms with Crippen molar-refractivity contribution >= 4 is 5.91 Å². The van der Waals surface area contributed by atoms with Gasteiger partial charge in [-0.05, 0) is 56.4 Å². The van der Waals surface area contributed by atoms with E-state index in [4.69, 9.17) is 0 Å². The summed E-state index contributed by atoms with van der Waals surface area (Å²) in [5, 5.41) is 14.4. The number of hydrogen-bond acceptors (Lipinski definition) is 3. The van der Waals surface area contributed by atoms with Crippen molar-refractivity contribution in [2.75, 3.05) is 13.1 Å². The number of nitrogens with zero attached hydrogens (tertiary/aromatic N) is 3. The summed E-state index contributed by atoms with van der Waals surface area (Å²) in [7, 11) is 0. The first kappa shape index (κ1) is 15.3. The van der Waals surface area contributed by atoms with Crippen LogP contribution in [0.4, 0.5) is 4.39 Å². The van der Waals surface area contributed by atoms with E-state index in [0.29, 0.717) is 18.8 Å². The summed E-state index contributed by atoms with van der Waals surface area (Å²) < 4.78 is 14.9. The van der Waals surface area contributed by atoms with Crippen LogP contribution in [0.1, 0.15) is 41.0 Å². The Morgan fingerprint density at radius 2 is 2.00 bits per heavy atom. The van der Waals surface area contributed by atoms with Crippen LogP contribution in [0.2, 0.25) is 0 Å². The maximum Gasteiger partial charge on any atom is 0.274 e. The van der Waals surface area contributed by atoms with Crippen molar-refractivity contribution in [3.63, 3.8) is 0 Å². The van der Waals surface area contributed by atoms with Crippen LogP contribution in [0.3, 0.4) is 0 Å².